The highest BCUT2D eigenvalue weighted by Crippen LogP contribution is 2.26. The van der Waals surface area contributed by atoms with Crippen molar-refractivity contribution < 1.29 is 9.13 Å². The van der Waals surface area contributed by atoms with Gasteiger partial charge in [-0.25, -0.2) is 9.37 Å². The van der Waals surface area contributed by atoms with E-state index in [0.29, 0.717) is 42.3 Å². The number of benzene rings is 1. The van der Waals surface area contributed by atoms with E-state index in [4.69, 9.17) is 16.3 Å². The molecule has 0 bridgehead atoms. The molecule has 0 saturated carbocycles. The lowest BCUT2D eigenvalue weighted by atomic mass is 10.2. The lowest BCUT2D eigenvalue weighted by Gasteiger charge is -2.11. The Bertz CT molecular complexity index is 867. The zero-order chi connectivity index (χ0) is 17.1. The largest absolute Gasteiger partial charge is 0.380 e. The standard InChI is InChI=1S/C16H17ClFN5O/c1-3-24-7-6-23-14-13(9-19-23)21-16(17)22-15(14)20-11-4-5-12(18)10(2)8-11/h4-5,8-9H,3,6-7H2,1-2H3,(H,20,21,22). The second-order valence-corrected chi connectivity index (χ2v) is 5.57. The van der Waals surface area contributed by atoms with Gasteiger partial charge in [0, 0.05) is 12.3 Å². The number of nitrogens with one attached hydrogen (secondary N) is 1. The van der Waals surface area contributed by atoms with Crippen molar-refractivity contribution in [2.75, 3.05) is 18.5 Å². The van der Waals surface area contributed by atoms with Gasteiger partial charge in [0.1, 0.15) is 16.9 Å². The summed E-state index contributed by atoms with van der Waals surface area (Å²) in [6, 6.07) is 4.76. The number of aryl methyl sites for hydroxylation is 1. The van der Waals surface area contributed by atoms with Gasteiger partial charge in [0.15, 0.2) is 5.82 Å². The molecule has 0 saturated heterocycles. The van der Waals surface area contributed by atoms with Crippen LogP contribution < -0.4 is 5.32 Å². The molecule has 8 heteroatoms. The number of rotatable bonds is 6. The van der Waals surface area contributed by atoms with Crippen LogP contribution in [0.2, 0.25) is 5.28 Å². The highest BCUT2D eigenvalue weighted by Gasteiger charge is 2.13. The number of aromatic nitrogens is 4. The van der Waals surface area contributed by atoms with Crippen molar-refractivity contribution in [1.82, 2.24) is 19.7 Å². The number of anilines is 2. The average Bonchev–Trinajstić information content (AvgIpc) is 2.94. The summed E-state index contributed by atoms with van der Waals surface area (Å²) in [7, 11) is 0. The minimum atomic E-state index is -0.256. The Morgan fingerprint density at radius 2 is 2.17 bits per heavy atom. The molecule has 0 amide bonds. The molecule has 0 aliphatic rings. The normalized spacial score (nSPS) is 11.2. The van der Waals surface area contributed by atoms with Gasteiger partial charge >= 0.3 is 0 Å². The predicted molar refractivity (Wildman–Crippen MR) is 91.2 cm³/mol. The van der Waals surface area contributed by atoms with Gasteiger partial charge < -0.3 is 10.1 Å². The molecule has 0 fully saturated rings. The Kier molecular flexibility index (Phi) is 4.92. The van der Waals surface area contributed by atoms with Gasteiger partial charge in [-0.15, -0.1) is 0 Å². The molecule has 3 rings (SSSR count). The lowest BCUT2D eigenvalue weighted by molar-refractivity contribution is 0.137. The molecule has 126 valence electrons. The second-order valence-electron chi connectivity index (χ2n) is 5.23. The molecule has 0 aliphatic heterocycles. The second kappa shape index (κ2) is 7.11. The number of fused-ring (bicyclic) bond motifs is 1. The van der Waals surface area contributed by atoms with Gasteiger partial charge in [0.2, 0.25) is 5.28 Å². The molecule has 0 unspecified atom stereocenters. The molecule has 2 aromatic heterocycles. The summed E-state index contributed by atoms with van der Waals surface area (Å²) in [6.07, 6.45) is 1.63. The first kappa shape index (κ1) is 16.6. The first-order valence-corrected chi connectivity index (χ1v) is 7.96. The number of hydrogen-bond donors (Lipinski definition) is 1. The maximum Gasteiger partial charge on any atom is 0.225 e. The van der Waals surface area contributed by atoms with Crippen molar-refractivity contribution in [3.05, 3.63) is 41.1 Å². The van der Waals surface area contributed by atoms with E-state index in [-0.39, 0.29) is 11.1 Å². The van der Waals surface area contributed by atoms with E-state index in [1.54, 1.807) is 29.9 Å². The van der Waals surface area contributed by atoms with E-state index < -0.39 is 0 Å². The van der Waals surface area contributed by atoms with Crippen LogP contribution in [0, 0.1) is 12.7 Å². The van der Waals surface area contributed by atoms with E-state index in [1.807, 2.05) is 6.92 Å². The van der Waals surface area contributed by atoms with Crippen LogP contribution in [0.15, 0.2) is 24.4 Å². The van der Waals surface area contributed by atoms with Crippen LogP contribution in [0.1, 0.15) is 12.5 Å². The van der Waals surface area contributed by atoms with Gasteiger partial charge in [-0.05, 0) is 49.2 Å². The van der Waals surface area contributed by atoms with E-state index in [0.717, 1.165) is 5.52 Å². The molecule has 0 atom stereocenters. The summed E-state index contributed by atoms with van der Waals surface area (Å²) < 4.78 is 20.6. The average molecular weight is 350 g/mol. The van der Waals surface area contributed by atoms with E-state index in [1.165, 1.54) is 6.07 Å². The van der Waals surface area contributed by atoms with E-state index >= 15 is 0 Å². The first-order chi connectivity index (χ1) is 11.6. The molecular weight excluding hydrogens is 333 g/mol. The van der Waals surface area contributed by atoms with Crippen molar-refractivity contribution in [2.24, 2.45) is 0 Å². The Morgan fingerprint density at radius 3 is 2.92 bits per heavy atom. The van der Waals surface area contributed by atoms with Crippen molar-refractivity contribution in [3.8, 4) is 0 Å². The zero-order valence-corrected chi connectivity index (χ0v) is 14.1. The number of nitrogens with zero attached hydrogens (tertiary/aromatic N) is 4. The predicted octanol–water partition coefficient (Wildman–Crippen LogP) is 3.71. The molecule has 0 radical (unpaired) electrons. The molecule has 24 heavy (non-hydrogen) atoms. The third-order valence-electron chi connectivity index (χ3n) is 3.53. The first-order valence-electron chi connectivity index (χ1n) is 7.58. The molecule has 0 spiro atoms. The smallest absolute Gasteiger partial charge is 0.225 e. The Labute approximate surface area is 143 Å². The topological polar surface area (TPSA) is 64.9 Å². The summed E-state index contributed by atoms with van der Waals surface area (Å²) in [4.78, 5) is 8.45. The van der Waals surface area contributed by atoms with Gasteiger partial charge in [0.25, 0.3) is 0 Å². The molecule has 3 aromatic rings. The molecule has 1 aromatic carbocycles. The Morgan fingerprint density at radius 1 is 1.33 bits per heavy atom. The summed E-state index contributed by atoms with van der Waals surface area (Å²) in [6.45, 7) is 5.38. The minimum absolute atomic E-state index is 0.119. The summed E-state index contributed by atoms with van der Waals surface area (Å²) in [5, 5.41) is 7.61. The van der Waals surface area contributed by atoms with Crippen LogP contribution in [-0.4, -0.2) is 33.0 Å². The third kappa shape index (κ3) is 3.47. The fraction of sp³-hybridized carbons (Fsp3) is 0.312. The number of hydrogen-bond acceptors (Lipinski definition) is 5. The van der Waals surface area contributed by atoms with Crippen molar-refractivity contribution >= 4 is 34.1 Å². The number of halogens is 2. The molecular formula is C16H17ClFN5O. The van der Waals surface area contributed by atoms with Crippen molar-refractivity contribution in [3.63, 3.8) is 0 Å². The van der Waals surface area contributed by atoms with Gasteiger partial charge in [0.05, 0.1) is 19.3 Å². The Balaban J connectivity index is 1.98. The summed E-state index contributed by atoms with van der Waals surface area (Å²) in [5.74, 6) is 0.262. The van der Waals surface area contributed by atoms with Gasteiger partial charge in [-0.2, -0.15) is 10.1 Å². The summed E-state index contributed by atoms with van der Waals surface area (Å²) >= 11 is 6.00. The van der Waals surface area contributed by atoms with E-state index in [2.05, 4.69) is 20.4 Å². The van der Waals surface area contributed by atoms with E-state index in [9.17, 15) is 4.39 Å². The van der Waals surface area contributed by atoms with Crippen LogP contribution in [0.25, 0.3) is 11.0 Å². The van der Waals surface area contributed by atoms with Crippen LogP contribution >= 0.6 is 11.6 Å². The van der Waals surface area contributed by atoms with Crippen LogP contribution in [0.5, 0.6) is 0 Å². The van der Waals surface area contributed by atoms with Crippen LogP contribution in [0.4, 0.5) is 15.9 Å². The summed E-state index contributed by atoms with van der Waals surface area (Å²) in [5.41, 5.74) is 2.61. The fourth-order valence-electron chi connectivity index (χ4n) is 2.38. The SMILES string of the molecule is CCOCCn1ncc2nc(Cl)nc(Nc3ccc(F)c(C)c3)c21. The fourth-order valence-corrected chi connectivity index (χ4v) is 2.56. The van der Waals surface area contributed by atoms with Crippen LogP contribution in [0.3, 0.4) is 0 Å². The Hall–Kier alpha value is -2.25. The monoisotopic (exact) mass is 349 g/mol. The maximum absolute atomic E-state index is 13.4. The molecule has 2 heterocycles. The molecule has 0 aliphatic carbocycles. The third-order valence-corrected chi connectivity index (χ3v) is 3.70. The quantitative estimate of drug-likeness (QED) is 0.543. The van der Waals surface area contributed by atoms with Gasteiger partial charge in [-0.3, -0.25) is 4.68 Å². The minimum Gasteiger partial charge on any atom is -0.380 e. The maximum atomic E-state index is 13.4. The molecule has 6 nitrogen and oxygen atoms in total. The van der Waals surface area contributed by atoms with Crippen molar-refractivity contribution in [2.45, 2.75) is 20.4 Å². The van der Waals surface area contributed by atoms with Crippen molar-refractivity contribution in [1.29, 1.82) is 0 Å². The zero-order valence-electron chi connectivity index (χ0n) is 13.4. The highest BCUT2D eigenvalue weighted by molar-refractivity contribution is 6.28. The van der Waals surface area contributed by atoms with Crippen LogP contribution in [-0.2, 0) is 11.3 Å². The molecule has 1 N–H and O–H groups in total. The number of ether oxygens (including phenoxy) is 1. The lowest BCUT2D eigenvalue weighted by Crippen LogP contribution is -2.09. The van der Waals surface area contributed by atoms with Gasteiger partial charge in [-0.1, -0.05) is 0 Å². The highest BCUT2D eigenvalue weighted by atomic mass is 35.5.